The van der Waals surface area contributed by atoms with Crippen LogP contribution in [0.3, 0.4) is 0 Å². The van der Waals surface area contributed by atoms with Gasteiger partial charge < -0.3 is 0 Å². The molecule has 0 amide bonds. The van der Waals surface area contributed by atoms with Crippen molar-refractivity contribution in [2.24, 2.45) is 5.10 Å². The first-order valence-electron chi connectivity index (χ1n) is 4.93. The van der Waals surface area contributed by atoms with E-state index in [2.05, 4.69) is 10.1 Å². The molecule has 78 valence electrons. The predicted octanol–water partition coefficient (Wildman–Crippen LogP) is 2.98. The Morgan fingerprint density at radius 2 is 2.12 bits per heavy atom. The van der Waals surface area contributed by atoms with Crippen molar-refractivity contribution < 1.29 is 0 Å². The van der Waals surface area contributed by atoms with Gasteiger partial charge in [-0.15, -0.1) is 11.3 Å². The molecule has 0 aliphatic rings. The zero-order chi connectivity index (χ0) is 10.8. The number of nitrogens with zero attached hydrogens (tertiary/aromatic N) is 3. The maximum Gasteiger partial charge on any atom is 0.118 e. The van der Waals surface area contributed by atoms with Crippen molar-refractivity contribution in [3.05, 3.63) is 53.0 Å². The van der Waals surface area contributed by atoms with Crippen LogP contribution >= 0.6 is 11.3 Å². The lowest BCUT2D eigenvalue weighted by Crippen LogP contribution is -1.86. The average Bonchev–Trinajstić information content (AvgIpc) is 2.96. The van der Waals surface area contributed by atoms with Crippen LogP contribution < -0.4 is 0 Å². The number of imidazole rings is 1. The van der Waals surface area contributed by atoms with Crippen molar-refractivity contribution in [2.45, 2.75) is 0 Å². The largest absolute Gasteiger partial charge is 0.235 e. The molecule has 0 fully saturated rings. The molecule has 3 nitrogen and oxygen atoms in total. The van der Waals surface area contributed by atoms with Crippen molar-refractivity contribution in [1.29, 1.82) is 0 Å². The lowest BCUT2D eigenvalue weighted by Gasteiger charge is -1.93. The summed E-state index contributed by atoms with van der Waals surface area (Å²) in [4.78, 5) is 5.41. The molecule has 0 saturated heterocycles. The second kappa shape index (κ2) is 3.90. The van der Waals surface area contributed by atoms with Crippen LogP contribution in [0, 0.1) is 0 Å². The van der Waals surface area contributed by atoms with Gasteiger partial charge in [0.05, 0.1) is 17.2 Å². The number of benzene rings is 1. The number of hydrogen-bond donors (Lipinski definition) is 0. The molecule has 0 aliphatic carbocycles. The maximum absolute atomic E-state index is 4.38. The number of aromatic nitrogens is 2. The van der Waals surface area contributed by atoms with Crippen LogP contribution in [-0.2, 0) is 0 Å². The summed E-state index contributed by atoms with van der Waals surface area (Å²) in [5.41, 5.74) is 1.99. The van der Waals surface area contributed by atoms with Gasteiger partial charge in [0.15, 0.2) is 0 Å². The van der Waals surface area contributed by atoms with Gasteiger partial charge in [-0.1, -0.05) is 18.2 Å². The Bertz CT molecular complexity index is 623. The highest BCUT2D eigenvalue weighted by atomic mass is 32.1. The smallest absolute Gasteiger partial charge is 0.118 e. The summed E-state index contributed by atoms with van der Waals surface area (Å²) in [6.45, 7) is 0. The summed E-state index contributed by atoms with van der Waals surface area (Å²) in [5.74, 6) is 0. The standard InChI is InChI=1S/C12H9N3S/c1-2-6-12-11(5-1)13-9-15(12)14-8-10-4-3-7-16-10/h1-9H. The molecule has 2 aromatic heterocycles. The zero-order valence-electron chi connectivity index (χ0n) is 8.45. The molecular formula is C12H9N3S. The monoisotopic (exact) mass is 227 g/mol. The van der Waals surface area contributed by atoms with Crippen LogP contribution in [0.4, 0.5) is 0 Å². The van der Waals surface area contributed by atoms with Crippen LogP contribution in [0.25, 0.3) is 11.0 Å². The van der Waals surface area contributed by atoms with E-state index in [1.165, 1.54) is 0 Å². The molecule has 0 N–H and O–H groups in total. The second-order valence-electron chi connectivity index (χ2n) is 3.34. The maximum atomic E-state index is 4.38. The molecule has 4 heteroatoms. The average molecular weight is 227 g/mol. The molecule has 0 aliphatic heterocycles. The lowest BCUT2D eigenvalue weighted by atomic mass is 10.3. The van der Waals surface area contributed by atoms with E-state index in [4.69, 9.17) is 0 Å². The third kappa shape index (κ3) is 1.63. The molecule has 0 radical (unpaired) electrons. The molecule has 3 aromatic rings. The predicted molar refractivity (Wildman–Crippen MR) is 67.0 cm³/mol. The van der Waals surface area contributed by atoms with Gasteiger partial charge in [-0.25, -0.2) is 9.66 Å². The molecule has 0 spiro atoms. The van der Waals surface area contributed by atoms with Crippen LogP contribution in [0.15, 0.2) is 53.2 Å². The van der Waals surface area contributed by atoms with Crippen LogP contribution in [0.1, 0.15) is 4.88 Å². The molecule has 0 saturated carbocycles. The minimum Gasteiger partial charge on any atom is -0.235 e. The van der Waals surface area contributed by atoms with Gasteiger partial charge >= 0.3 is 0 Å². The molecule has 2 heterocycles. The Morgan fingerprint density at radius 1 is 1.19 bits per heavy atom. The number of para-hydroxylation sites is 2. The Morgan fingerprint density at radius 3 is 3.00 bits per heavy atom. The first kappa shape index (κ1) is 9.30. The third-order valence-corrected chi connectivity index (χ3v) is 3.09. The number of hydrogen-bond acceptors (Lipinski definition) is 3. The summed E-state index contributed by atoms with van der Waals surface area (Å²) in [5, 5.41) is 6.41. The van der Waals surface area contributed by atoms with Crippen molar-refractivity contribution in [3.8, 4) is 0 Å². The fourth-order valence-electron chi connectivity index (χ4n) is 1.52. The third-order valence-electron chi connectivity index (χ3n) is 2.29. The van der Waals surface area contributed by atoms with Gasteiger partial charge in [0, 0.05) is 4.88 Å². The van der Waals surface area contributed by atoms with E-state index in [9.17, 15) is 0 Å². The highest BCUT2D eigenvalue weighted by Crippen LogP contribution is 2.12. The van der Waals surface area contributed by atoms with E-state index in [1.807, 2.05) is 48.0 Å². The number of rotatable bonds is 2. The van der Waals surface area contributed by atoms with Crippen LogP contribution in [0.5, 0.6) is 0 Å². The Labute approximate surface area is 96.7 Å². The van der Waals surface area contributed by atoms with E-state index in [0.717, 1.165) is 15.9 Å². The van der Waals surface area contributed by atoms with E-state index in [1.54, 1.807) is 22.3 Å². The highest BCUT2D eigenvalue weighted by molar-refractivity contribution is 7.11. The Kier molecular flexibility index (Phi) is 2.27. The molecular weight excluding hydrogens is 218 g/mol. The molecule has 16 heavy (non-hydrogen) atoms. The quantitative estimate of drug-likeness (QED) is 0.619. The molecule has 1 aromatic carbocycles. The first-order chi connectivity index (χ1) is 7.93. The lowest BCUT2D eigenvalue weighted by molar-refractivity contribution is 0.915. The van der Waals surface area contributed by atoms with Crippen molar-refractivity contribution in [2.75, 3.05) is 0 Å². The minimum atomic E-state index is 0.964. The van der Waals surface area contributed by atoms with Gasteiger partial charge in [-0.2, -0.15) is 5.10 Å². The van der Waals surface area contributed by atoms with Crippen molar-refractivity contribution in [3.63, 3.8) is 0 Å². The second-order valence-corrected chi connectivity index (χ2v) is 4.32. The SMILES string of the molecule is C(=Nn1cnc2ccccc21)c1cccs1. The van der Waals surface area contributed by atoms with Gasteiger partial charge in [0.1, 0.15) is 6.33 Å². The van der Waals surface area contributed by atoms with Crippen molar-refractivity contribution >= 4 is 28.6 Å². The first-order valence-corrected chi connectivity index (χ1v) is 5.81. The molecule has 0 bridgehead atoms. The zero-order valence-corrected chi connectivity index (χ0v) is 9.26. The molecule has 0 atom stereocenters. The Balaban J connectivity index is 2.01. The highest BCUT2D eigenvalue weighted by Gasteiger charge is 1.98. The van der Waals surface area contributed by atoms with Gasteiger partial charge in [-0.3, -0.25) is 0 Å². The van der Waals surface area contributed by atoms with E-state index >= 15 is 0 Å². The summed E-state index contributed by atoms with van der Waals surface area (Å²) >= 11 is 1.67. The Hall–Kier alpha value is -1.94. The summed E-state index contributed by atoms with van der Waals surface area (Å²) in [6, 6.07) is 12.0. The molecule has 0 unspecified atom stereocenters. The summed E-state index contributed by atoms with van der Waals surface area (Å²) < 4.78 is 1.79. The fraction of sp³-hybridized carbons (Fsp3) is 0. The topological polar surface area (TPSA) is 30.2 Å². The molecule has 3 rings (SSSR count). The number of thiophene rings is 1. The number of fused-ring (bicyclic) bond motifs is 1. The van der Waals surface area contributed by atoms with Gasteiger partial charge in [0.2, 0.25) is 0 Å². The summed E-state index contributed by atoms with van der Waals surface area (Å²) in [7, 11) is 0. The van der Waals surface area contributed by atoms with Crippen LogP contribution in [0.2, 0.25) is 0 Å². The normalized spacial score (nSPS) is 11.5. The van der Waals surface area contributed by atoms with Crippen LogP contribution in [-0.4, -0.2) is 15.9 Å². The summed E-state index contributed by atoms with van der Waals surface area (Å²) in [6.07, 6.45) is 3.58. The van der Waals surface area contributed by atoms with E-state index < -0.39 is 0 Å². The van der Waals surface area contributed by atoms with Gasteiger partial charge in [-0.05, 0) is 23.6 Å². The van der Waals surface area contributed by atoms with Gasteiger partial charge in [0.25, 0.3) is 0 Å². The minimum absolute atomic E-state index is 0.964. The van der Waals surface area contributed by atoms with E-state index in [0.29, 0.717) is 0 Å². The van der Waals surface area contributed by atoms with Crippen molar-refractivity contribution in [1.82, 2.24) is 9.66 Å². The fourth-order valence-corrected chi connectivity index (χ4v) is 2.10. The van der Waals surface area contributed by atoms with E-state index in [-0.39, 0.29) is 0 Å².